The van der Waals surface area contributed by atoms with Gasteiger partial charge in [-0.2, -0.15) is 0 Å². The van der Waals surface area contributed by atoms with E-state index in [2.05, 4.69) is 21.2 Å². The van der Waals surface area contributed by atoms with Gasteiger partial charge in [-0.15, -0.1) is 0 Å². The Morgan fingerprint density at radius 2 is 2.20 bits per heavy atom. The maximum Gasteiger partial charge on any atom is 0.251 e. The van der Waals surface area contributed by atoms with Crippen molar-refractivity contribution in [2.24, 2.45) is 0 Å². The summed E-state index contributed by atoms with van der Waals surface area (Å²) >= 11 is 3.26. The molecule has 0 heterocycles. The predicted molar refractivity (Wildman–Crippen MR) is 61.9 cm³/mol. The highest BCUT2D eigenvalue weighted by Gasteiger charge is 2.10. The van der Waals surface area contributed by atoms with Crippen molar-refractivity contribution >= 4 is 21.8 Å². The summed E-state index contributed by atoms with van der Waals surface area (Å²) in [6.45, 7) is 3.63. The van der Waals surface area contributed by atoms with Crippen LogP contribution in [0, 0.1) is 12.7 Å². The third kappa shape index (κ3) is 3.63. The van der Waals surface area contributed by atoms with E-state index >= 15 is 0 Å². The highest BCUT2D eigenvalue weighted by atomic mass is 79.9. The molecule has 0 bridgehead atoms. The van der Waals surface area contributed by atoms with Crippen LogP contribution < -0.4 is 5.32 Å². The van der Waals surface area contributed by atoms with E-state index in [1.807, 2.05) is 6.92 Å². The Balaban J connectivity index is 2.82. The van der Waals surface area contributed by atoms with Gasteiger partial charge < -0.3 is 5.32 Å². The number of nitrogens with one attached hydrogen (secondary N) is 1. The van der Waals surface area contributed by atoms with Gasteiger partial charge in [0.1, 0.15) is 5.82 Å². The molecule has 0 aliphatic heterocycles. The molecule has 2 nitrogen and oxygen atoms in total. The van der Waals surface area contributed by atoms with E-state index in [1.54, 1.807) is 13.0 Å². The molecule has 1 N–H and O–H groups in total. The van der Waals surface area contributed by atoms with Crippen molar-refractivity contribution in [3.63, 3.8) is 0 Å². The summed E-state index contributed by atoms with van der Waals surface area (Å²) in [5.41, 5.74) is 1.10. The lowest BCUT2D eigenvalue weighted by Crippen LogP contribution is -2.33. The Hall–Kier alpha value is -0.900. The third-order valence-electron chi connectivity index (χ3n) is 1.91. The Bertz CT molecular complexity index is 347. The van der Waals surface area contributed by atoms with Gasteiger partial charge in [0.05, 0.1) is 0 Å². The largest absolute Gasteiger partial charge is 0.349 e. The molecule has 0 saturated heterocycles. The van der Waals surface area contributed by atoms with Crippen LogP contribution >= 0.6 is 15.9 Å². The zero-order valence-corrected chi connectivity index (χ0v) is 10.3. The first kappa shape index (κ1) is 12.2. The van der Waals surface area contributed by atoms with Crippen LogP contribution in [0.5, 0.6) is 0 Å². The molecule has 1 rings (SSSR count). The van der Waals surface area contributed by atoms with Gasteiger partial charge in [0.15, 0.2) is 0 Å². The van der Waals surface area contributed by atoms with E-state index in [1.165, 1.54) is 12.1 Å². The monoisotopic (exact) mass is 273 g/mol. The number of carbonyl (C=O) groups is 1. The van der Waals surface area contributed by atoms with Crippen LogP contribution in [0.3, 0.4) is 0 Å². The second kappa shape index (κ2) is 5.26. The summed E-state index contributed by atoms with van der Waals surface area (Å²) < 4.78 is 13.0. The minimum Gasteiger partial charge on any atom is -0.349 e. The molecule has 0 radical (unpaired) electrons. The lowest BCUT2D eigenvalue weighted by atomic mass is 10.1. The molecule has 1 unspecified atom stereocenters. The van der Waals surface area contributed by atoms with Crippen LogP contribution in [0.4, 0.5) is 4.39 Å². The van der Waals surface area contributed by atoms with E-state index in [9.17, 15) is 9.18 Å². The second-order valence-corrected chi connectivity index (χ2v) is 4.19. The molecule has 0 aliphatic rings. The van der Waals surface area contributed by atoms with E-state index in [4.69, 9.17) is 0 Å². The third-order valence-corrected chi connectivity index (χ3v) is 2.88. The molecule has 1 amide bonds. The van der Waals surface area contributed by atoms with E-state index in [-0.39, 0.29) is 17.8 Å². The molecule has 0 aliphatic carbocycles. The van der Waals surface area contributed by atoms with Crippen molar-refractivity contribution in [1.82, 2.24) is 5.32 Å². The summed E-state index contributed by atoms with van der Waals surface area (Å²) in [7, 11) is 0. The molecular weight excluding hydrogens is 261 g/mol. The number of hydrogen-bond donors (Lipinski definition) is 1. The standard InChI is InChI=1S/C11H13BrFNO/c1-7-3-9(5-10(13)4-7)11(15)14-8(2)6-12/h3-5,8H,6H2,1-2H3,(H,14,15). The van der Waals surface area contributed by atoms with Gasteiger partial charge in [-0.3, -0.25) is 4.79 Å². The minimum atomic E-state index is -0.383. The summed E-state index contributed by atoms with van der Waals surface area (Å²) in [4.78, 5) is 11.6. The molecule has 15 heavy (non-hydrogen) atoms. The summed E-state index contributed by atoms with van der Waals surface area (Å²) in [6, 6.07) is 4.33. The molecule has 1 aromatic carbocycles. The number of carbonyl (C=O) groups excluding carboxylic acids is 1. The van der Waals surface area contributed by atoms with Gasteiger partial charge in [-0.1, -0.05) is 15.9 Å². The number of hydrogen-bond acceptors (Lipinski definition) is 1. The maximum atomic E-state index is 13.0. The van der Waals surface area contributed by atoms with Crippen LogP contribution in [0.15, 0.2) is 18.2 Å². The number of aryl methyl sites for hydroxylation is 1. The molecule has 82 valence electrons. The van der Waals surface area contributed by atoms with Gasteiger partial charge in [-0.25, -0.2) is 4.39 Å². The van der Waals surface area contributed by atoms with Crippen LogP contribution in [-0.4, -0.2) is 17.3 Å². The smallest absolute Gasteiger partial charge is 0.251 e. The number of halogens is 2. The van der Waals surface area contributed by atoms with Crippen molar-refractivity contribution in [3.8, 4) is 0 Å². The molecule has 0 saturated carbocycles. The molecule has 1 aromatic rings. The number of amides is 1. The lowest BCUT2D eigenvalue weighted by Gasteiger charge is -2.10. The first-order chi connectivity index (χ1) is 7.02. The molecule has 1 atom stereocenters. The Kier molecular flexibility index (Phi) is 4.27. The fourth-order valence-electron chi connectivity index (χ4n) is 1.21. The van der Waals surface area contributed by atoms with Crippen LogP contribution in [-0.2, 0) is 0 Å². The first-order valence-electron chi connectivity index (χ1n) is 4.67. The fraction of sp³-hybridized carbons (Fsp3) is 0.364. The van der Waals surface area contributed by atoms with E-state index in [0.29, 0.717) is 10.9 Å². The van der Waals surface area contributed by atoms with Crippen molar-refractivity contribution in [1.29, 1.82) is 0 Å². The summed E-state index contributed by atoms with van der Waals surface area (Å²) in [6.07, 6.45) is 0. The van der Waals surface area contributed by atoms with Gasteiger partial charge in [-0.05, 0) is 37.6 Å². The Morgan fingerprint density at radius 3 is 2.73 bits per heavy atom. The van der Waals surface area contributed by atoms with Gasteiger partial charge in [0.25, 0.3) is 5.91 Å². The zero-order valence-electron chi connectivity index (χ0n) is 8.68. The zero-order chi connectivity index (χ0) is 11.4. The van der Waals surface area contributed by atoms with E-state index < -0.39 is 0 Å². The molecule has 0 fully saturated rings. The van der Waals surface area contributed by atoms with E-state index in [0.717, 1.165) is 5.56 Å². The predicted octanol–water partition coefficient (Wildman–Crippen LogP) is 2.65. The second-order valence-electron chi connectivity index (χ2n) is 3.55. The topological polar surface area (TPSA) is 29.1 Å². The van der Waals surface area contributed by atoms with Crippen molar-refractivity contribution in [3.05, 3.63) is 35.1 Å². The Morgan fingerprint density at radius 1 is 1.53 bits per heavy atom. The number of benzene rings is 1. The number of alkyl halides is 1. The van der Waals surface area contributed by atoms with Crippen molar-refractivity contribution in [2.75, 3.05) is 5.33 Å². The Labute approximate surface area is 97.0 Å². The molecule has 4 heteroatoms. The van der Waals surface area contributed by atoms with Crippen LogP contribution in [0.25, 0.3) is 0 Å². The van der Waals surface area contributed by atoms with Crippen LogP contribution in [0.2, 0.25) is 0 Å². The van der Waals surface area contributed by atoms with Gasteiger partial charge in [0, 0.05) is 16.9 Å². The molecule has 0 spiro atoms. The maximum absolute atomic E-state index is 13.0. The van der Waals surface area contributed by atoms with Crippen molar-refractivity contribution in [2.45, 2.75) is 19.9 Å². The SMILES string of the molecule is Cc1cc(F)cc(C(=O)NC(C)CBr)c1. The summed E-state index contributed by atoms with van der Waals surface area (Å²) in [5.74, 6) is -0.629. The fourth-order valence-corrected chi connectivity index (χ4v) is 1.37. The number of rotatable bonds is 3. The lowest BCUT2D eigenvalue weighted by molar-refractivity contribution is 0.0943. The van der Waals surface area contributed by atoms with Gasteiger partial charge >= 0.3 is 0 Å². The normalized spacial score (nSPS) is 12.3. The highest BCUT2D eigenvalue weighted by Crippen LogP contribution is 2.08. The van der Waals surface area contributed by atoms with Crippen molar-refractivity contribution < 1.29 is 9.18 Å². The highest BCUT2D eigenvalue weighted by molar-refractivity contribution is 9.09. The van der Waals surface area contributed by atoms with Gasteiger partial charge in [0.2, 0.25) is 0 Å². The average molecular weight is 274 g/mol. The van der Waals surface area contributed by atoms with Crippen LogP contribution in [0.1, 0.15) is 22.8 Å². The molecule has 0 aromatic heterocycles. The molecular formula is C11H13BrFNO. The average Bonchev–Trinajstić information content (AvgIpc) is 2.16. The minimum absolute atomic E-state index is 0.0288. The quantitative estimate of drug-likeness (QED) is 0.843. The summed E-state index contributed by atoms with van der Waals surface area (Å²) in [5, 5.41) is 3.42. The first-order valence-corrected chi connectivity index (χ1v) is 5.79.